The molecule has 0 saturated heterocycles. The van der Waals surface area contributed by atoms with Crippen LogP contribution in [0.3, 0.4) is 0 Å². The summed E-state index contributed by atoms with van der Waals surface area (Å²) in [6.07, 6.45) is 7.75. The number of hydrogen-bond acceptors (Lipinski definition) is 5. The fourth-order valence-corrected chi connectivity index (χ4v) is 4.87. The van der Waals surface area contributed by atoms with E-state index in [9.17, 15) is 9.59 Å². The van der Waals surface area contributed by atoms with Crippen LogP contribution in [-0.4, -0.2) is 23.8 Å². The molecule has 0 unspecified atom stereocenters. The van der Waals surface area contributed by atoms with E-state index in [1.54, 1.807) is 24.3 Å². The smallest absolute Gasteiger partial charge is 0.256 e. The zero-order chi connectivity index (χ0) is 19.7. The van der Waals surface area contributed by atoms with Crippen molar-refractivity contribution in [3.05, 3.63) is 45.3 Å². The van der Waals surface area contributed by atoms with Crippen molar-refractivity contribution in [3.8, 4) is 0 Å². The summed E-state index contributed by atoms with van der Waals surface area (Å²) in [7, 11) is 0. The number of carbonyl (C=O) groups excluding carboxylic acids is 2. The lowest BCUT2D eigenvalue weighted by molar-refractivity contribution is 0.0953. The molecular weight excluding hydrogens is 394 g/mol. The minimum absolute atomic E-state index is 0.184. The highest BCUT2D eigenvalue weighted by molar-refractivity contribution is 7.19. The summed E-state index contributed by atoms with van der Waals surface area (Å²) in [6.45, 7) is 0. The van der Waals surface area contributed by atoms with Gasteiger partial charge >= 0.3 is 0 Å². The molecule has 0 spiro atoms. The van der Waals surface area contributed by atoms with Gasteiger partial charge < -0.3 is 16.4 Å². The Hall–Kier alpha value is -2.05. The summed E-state index contributed by atoms with van der Waals surface area (Å²) in [5, 5.41) is 7.79. The van der Waals surface area contributed by atoms with Crippen molar-refractivity contribution < 1.29 is 9.59 Å². The molecule has 0 atom stereocenters. The molecule has 2 fully saturated rings. The van der Waals surface area contributed by atoms with E-state index in [0.29, 0.717) is 32.1 Å². The van der Waals surface area contributed by atoms with Gasteiger partial charge in [0.15, 0.2) is 0 Å². The van der Waals surface area contributed by atoms with Crippen molar-refractivity contribution in [1.82, 2.24) is 5.32 Å². The first kappa shape index (κ1) is 19.3. The Kier molecular flexibility index (Phi) is 5.60. The number of thiophene rings is 1. The van der Waals surface area contributed by atoms with E-state index in [1.807, 2.05) is 0 Å². The van der Waals surface area contributed by atoms with Gasteiger partial charge in [-0.05, 0) is 49.9 Å². The summed E-state index contributed by atoms with van der Waals surface area (Å²) < 4.78 is 0. The number of hydrogen-bond donors (Lipinski definition) is 3. The summed E-state index contributed by atoms with van der Waals surface area (Å²) in [5.74, 6) is -0.374. The average Bonchev–Trinajstić information content (AvgIpc) is 3.44. The number of amides is 1. The van der Waals surface area contributed by atoms with Gasteiger partial charge in [0, 0.05) is 22.7 Å². The van der Waals surface area contributed by atoms with Crippen molar-refractivity contribution in [2.45, 2.75) is 57.0 Å². The zero-order valence-corrected chi connectivity index (χ0v) is 17.2. The number of halogens is 1. The molecule has 7 heteroatoms. The van der Waals surface area contributed by atoms with Gasteiger partial charge in [0.1, 0.15) is 9.88 Å². The summed E-state index contributed by atoms with van der Waals surface area (Å²) in [5.41, 5.74) is 7.53. The first-order valence-electron chi connectivity index (χ1n) is 9.83. The van der Waals surface area contributed by atoms with Gasteiger partial charge in [0.25, 0.3) is 5.91 Å². The van der Waals surface area contributed by atoms with E-state index in [-0.39, 0.29) is 23.4 Å². The highest BCUT2D eigenvalue weighted by atomic mass is 35.5. The molecule has 2 saturated carbocycles. The maximum absolute atomic E-state index is 13.0. The second-order valence-corrected chi connectivity index (χ2v) is 9.07. The third-order valence-electron chi connectivity index (χ3n) is 5.34. The number of benzene rings is 1. The number of ketones is 1. The molecule has 0 aliphatic heterocycles. The third-order valence-corrected chi connectivity index (χ3v) is 6.73. The van der Waals surface area contributed by atoms with Gasteiger partial charge in [0.05, 0.1) is 11.3 Å². The first-order chi connectivity index (χ1) is 13.5. The van der Waals surface area contributed by atoms with Crippen LogP contribution >= 0.6 is 22.9 Å². The molecule has 1 aromatic carbocycles. The molecule has 2 aromatic rings. The Bertz CT molecular complexity index is 884. The largest absolute Gasteiger partial charge is 0.397 e. The maximum atomic E-state index is 13.0. The van der Waals surface area contributed by atoms with Gasteiger partial charge in [0.2, 0.25) is 5.78 Å². The van der Waals surface area contributed by atoms with Crippen LogP contribution in [0.4, 0.5) is 10.7 Å². The van der Waals surface area contributed by atoms with Crippen LogP contribution in [0.1, 0.15) is 70.5 Å². The molecule has 1 heterocycles. The fraction of sp³-hybridized carbons (Fsp3) is 0.429. The highest BCUT2D eigenvalue weighted by Crippen LogP contribution is 2.39. The second-order valence-electron chi connectivity index (χ2n) is 7.61. The van der Waals surface area contributed by atoms with Crippen LogP contribution in [0, 0.1) is 0 Å². The quantitative estimate of drug-likeness (QED) is 0.586. The molecule has 2 aliphatic rings. The average molecular weight is 418 g/mol. The van der Waals surface area contributed by atoms with Crippen molar-refractivity contribution in [2.75, 3.05) is 11.1 Å². The van der Waals surface area contributed by atoms with E-state index in [2.05, 4.69) is 10.6 Å². The number of rotatable bonds is 6. The molecule has 0 bridgehead atoms. The van der Waals surface area contributed by atoms with E-state index in [0.717, 1.165) is 25.7 Å². The van der Waals surface area contributed by atoms with Crippen molar-refractivity contribution in [3.63, 3.8) is 0 Å². The SMILES string of the molecule is Nc1c(C(=O)c2ccc(Cl)cc2)sc(NC2CCCCC2)c1C(=O)NC1CC1. The Morgan fingerprint density at radius 1 is 1.00 bits per heavy atom. The molecular formula is C21H24ClN3O2S. The molecule has 0 radical (unpaired) electrons. The van der Waals surface area contributed by atoms with Crippen LogP contribution in [0.15, 0.2) is 24.3 Å². The zero-order valence-electron chi connectivity index (χ0n) is 15.6. The van der Waals surface area contributed by atoms with Gasteiger partial charge in [-0.1, -0.05) is 30.9 Å². The number of nitrogen functional groups attached to an aromatic ring is 1. The maximum Gasteiger partial charge on any atom is 0.256 e. The monoisotopic (exact) mass is 417 g/mol. The fourth-order valence-electron chi connectivity index (χ4n) is 3.59. The number of nitrogens with two attached hydrogens (primary N) is 1. The topological polar surface area (TPSA) is 84.2 Å². The highest BCUT2D eigenvalue weighted by Gasteiger charge is 2.31. The van der Waals surface area contributed by atoms with Crippen LogP contribution in [0.2, 0.25) is 5.02 Å². The molecule has 28 heavy (non-hydrogen) atoms. The Balaban J connectivity index is 1.66. The summed E-state index contributed by atoms with van der Waals surface area (Å²) in [4.78, 5) is 26.3. The Morgan fingerprint density at radius 2 is 1.68 bits per heavy atom. The summed E-state index contributed by atoms with van der Waals surface area (Å²) >= 11 is 7.21. The van der Waals surface area contributed by atoms with E-state index in [4.69, 9.17) is 17.3 Å². The van der Waals surface area contributed by atoms with Gasteiger partial charge in [-0.3, -0.25) is 9.59 Å². The predicted octanol–water partition coefficient (Wildman–Crippen LogP) is 4.85. The predicted molar refractivity (Wildman–Crippen MR) is 115 cm³/mol. The van der Waals surface area contributed by atoms with E-state index < -0.39 is 0 Å². The molecule has 2 aliphatic carbocycles. The Morgan fingerprint density at radius 3 is 2.32 bits per heavy atom. The van der Waals surface area contributed by atoms with Gasteiger partial charge in [-0.15, -0.1) is 11.3 Å². The molecule has 1 aromatic heterocycles. The number of anilines is 2. The summed E-state index contributed by atoms with van der Waals surface area (Å²) in [6, 6.07) is 7.27. The van der Waals surface area contributed by atoms with Crippen LogP contribution in [0.5, 0.6) is 0 Å². The molecule has 4 rings (SSSR count). The van der Waals surface area contributed by atoms with E-state index in [1.165, 1.54) is 30.6 Å². The lowest BCUT2D eigenvalue weighted by atomic mass is 9.95. The van der Waals surface area contributed by atoms with Crippen molar-refractivity contribution in [2.24, 2.45) is 0 Å². The van der Waals surface area contributed by atoms with Crippen molar-refractivity contribution in [1.29, 1.82) is 0 Å². The molecule has 5 nitrogen and oxygen atoms in total. The van der Waals surface area contributed by atoms with E-state index >= 15 is 0 Å². The standard InChI is InChI=1S/C21H24ClN3O2S/c22-13-8-6-12(7-9-13)18(26)19-17(23)16(20(27)24-15-10-11-15)21(28-19)25-14-4-2-1-3-5-14/h6-9,14-15,25H,1-5,10-11,23H2,(H,24,27). The molecule has 1 amide bonds. The first-order valence-corrected chi connectivity index (χ1v) is 11.0. The lowest BCUT2D eigenvalue weighted by Crippen LogP contribution is -2.28. The van der Waals surface area contributed by atoms with Crippen LogP contribution in [-0.2, 0) is 0 Å². The third kappa shape index (κ3) is 4.18. The van der Waals surface area contributed by atoms with Crippen LogP contribution < -0.4 is 16.4 Å². The molecule has 148 valence electrons. The second kappa shape index (κ2) is 8.13. The van der Waals surface area contributed by atoms with Crippen molar-refractivity contribution >= 4 is 45.3 Å². The minimum atomic E-state index is -0.190. The number of carbonyl (C=O) groups is 2. The molecule has 4 N–H and O–H groups in total. The minimum Gasteiger partial charge on any atom is -0.397 e. The normalized spacial score (nSPS) is 17.3. The lowest BCUT2D eigenvalue weighted by Gasteiger charge is -2.23. The Labute approximate surface area is 173 Å². The van der Waals surface area contributed by atoms with Crippen LogP contribution in [0.25, 0.3) is 0 Å². The van der Waals surface area contributed by atoms with Gasteiger partial charge in [-0.2, -0.15) is 0 Å². The number of nitrogens with one attached hydrogen (secondary N) is 2. The van der Waals surface area contributed by atoms with Gasteiger partial charge in [-0.25, -0.2) is 0 Å².